The summed E-state index contributed by atoms with van der Waals surface area (Å²) >= 11 is 2.86. The second-order valence-electron chi connectivity index (χ2n) is 4.43. The van der Waals surface area contributed by atoms with Crippen LogP contribution in [0.3, 0.4) is 0 Å². The number of benzene rings is 1. The molecule has 116 valence electrons. The summed E-state index contributed by atoms with van der Waals surface area (Å²) in [5, 5.41) is 21.8. The molecule has 0 aliphatic rings. The summed E-state index contributed by atoms with van der Waals surface area (Å²) in [5.41, 5.74) is 0.648. The van der Waals surface area contributed by atoms with Gasteiger partial charge in [-0.3, -0.25) is 20.2 Å². The zero-order valence-corrected chi connectivity index (χ0v) is 13.7. The zero-order valence-electron chi connectivity index (χ0n) is 12.0. The molecule has 0 saturated carbocycles. The minimum Gasteiger partial charge on any atom is -0.296 e. The van der Waals surface area contributed by atoms with E-state index in [0.29, 0.717) is 10.7 Å². The number of hydrogen-bond donors (Lipinski definition) is 1. The molecular formula is C13H14N4O3S2. The first-order valence-corrected chi connectivity index (χ1v) is 8.34. The Hall–Kier alpha value is -2.00. The van der Waals surface area contributed by atoms with Gasteiger partial charge < -0.3 is 0 Å². The molecule has 0 atom stereocenters. The van der Waals surface area contributed by atoms with Crippen molar-refractivity contribution in [2.24, 2.45) is 0 Å². The van der Waals surface area contributed by atoms with Gasteiger partial charge in [0, 0.05) is 22.9 Å². The molecule has 1 heterocycles. The van der Waals surface area contributed by atoms with Crippen LogP contribution >= 0.6 is 23.1 Å². The summed E-state index contributed by atoms with van der Waals surface area (Å²) in [6.07, 6.45) is 1.03. The molecule has 0 spiro atoms. The number of nitrogens with one attached hydrogen (secondary N) is 1. The van der Waals surface area contributed by atoms with Gasteiger partial charge >= 0.3 is 0 Å². The maximum atomic E-state index is 12.1. The average Bonchev–Trinajstić information content (AvgIpc) is 2.92. The second-order valence-corrected chi connectivity index (χ2v) is 6.75. The summed E-state index contributed by atoms with van der Waals surface area (Å²) in [7, 11) is 0. The van der Waals surface area contributed by atoms with Crippen LogP contribution in [0.4, 0.5) is 10.8 Å². The van der Waals surface area contributed by atoms with E-state index in [-0.39, 0.29) is 11.3 Å². The number of nitrogens with zero attached hydrogens (tertiary/aromatic N) is 3. The summed E-state index contributed by atoms with van der Waals surface area (Å²) < 4.78 is 0.784. The summed E-state index contributed by atoms with van der Waals surface area (Å²) in [4.78, 5) is 22.5. The molecule has 0 bridgehead atoms. The highest BCUT2D eigenvalue weighted by molar-refractivity contribution is 8.01. The van der Waals surface area contributed by atoms with E-state index in [4.69, 9.17) is 0 Å². The van der Waals surface area contributed by atoms with Gasteiger partial charge in [-0.1, -0.05) is 36.1 Å². The highest BCUT2D eigenvalue weighted by atomic mass is 32.2. The number of amides is 1. The molecule has 1 aromatic carbocycles. The molecule has 22 heavy (non-hydrogen) atoms. The van der Waals surface area contributed by atoms with Gasteiger partial charge in [0.15, 0.2) is 4.34 Å². The summed E-state index contributed by atoms with van der Waals surface area (Å²) in [6.45, 7) is 3.70. The number of nitro benzene ring substituents is 1. The van der Waals surface area contributed by atoms with E-state index in [1.165, 1.54) is 17.4 Å². The number of carbonyl (C=O) groups is 1. The number of carbonyl (C=O) groups excluding carboxylic acids is 1. The Labute approximate surface area is 135 Å². The highest BCUT2D eigenvalue weighted by Gasteiger charge is 2.16. The fraction of sp³-hybridized carbons (Fsp3) is 0.308. The number of aromatic nitrogens is 2. The molecule has 1 amide bonds. The first-order chi connectivity index (χ1) is 10.5. The van der Waals surface area contributed by atoms with Gasteiger partial charge in [-0.2, -0.15) is 0 Å². The fourth-order valence-corrected chi connectivity index (χ4v) is 3.30. The molecule has 1 N–H and O–H groups in total. The van der Waals surface area contributed by atoms with Gasteiger partial charge in [0.1, 0.15) is 0 Å². The molecule has 2 aromatic rings. The lowest BCUT2D eigenvalue weighted by Gasteiger charge is -2.02. The van der Waals surface area contributed by atoms with Crippen LogP contribution < -0.4 is 5.32 Å². The normalized spacial score (nSPS) is 10.5. The van der Waals surface area contributed by atoms with Crippen molar-refractivity contribution in [2.75, 3.05) is 11.1 Å². The Bertz CT molecular complexity index is 702. The minimum absolute atomic E-state index is 0.0795. The Morgan fingerprint density at radius 1 is 1.45 bits per heavy atom. The molecule has 1 aromatic heterocycles. The van der Waals surface area contributed by atoms with Crippen LogP contribution in [-0.4, -0.2) is 26.8 Å². The van der Waals surface area contributed by atoms with E-state index >= 15 is 0 Å². The van der Waals surface area contributed by atoms with E-state index < -0.39 is 10.8 Å². The topological polar surface area (TPSA) is 98.0 Å². The van der Waals surface area contributed by atoms with Crippen molar-refractivity contribution in [1.29, 1.82) is 0 Å². The lowest BCUT2D eigenvalue weighted by atomic mass is 10.1. The summed E-state index contributed by atoms with van der Waals surface area (Å²) in [5.74, 6) is 0.499. The first kappa shape index (κ1) is 16.4. The van der Waals surface area contributed by atoms with Crippen molar-refractivity contribution in [3.63, 3.8) is 0 Å². The van der Waals surface area contributed by atoms with Crippen molar-refractivity contribution in [3.05, 3.63) is 39.4 Å². The fourth-order valence-electron chi connectivity index (χ4n) is 1.62. The largest absolute Gasteiger partial charge is 0.296 e. The Balaban J connectivity index is 2.10. The highest BCUT2D eigenvalue weighted by Crippen LogP contribution is 2.26. The van der Waals surface area contributed by atoms with Crippen LogP contribution in [-0.2, 0) is 0 Å². The molecule has 0 unspecified atom stereocenters. The van der Waals surface area contributed by atoms with Crippen LogP contribution in [0, 0.1) is 17.0 Å². The zero-order chi connectivity index (χ0) is 16.1. The Kier molecular flexibility index (Phi) is 5.45. The van der Waals surface area contributed by atoms with E-state index in [9.17, 15) is 14.9 Å². The molecule has 0 saturated heterocycles. The maximum absolute atomic E-state index is 12.1. The lowest BCUT2D eigenvalue weighted by Crippen LogP contribution is -2.12. The van der Waals surface area contributed by atoms with E-state index in [0.717, 1.165) is 16.5 Å². The van der Waals surface area contributed by atoms with Gasteiger partial charge in [0.05, 0.1) is 4.92 Å². The lowest BCUT2D eigenvalue weighted by molar-refractivity contribution is -0.385. The standard InChI is InChI=1S/C13H14N4O3S2/c1-3-6-21-13-16-15-12(22-13)14-11(18)9-5-4-8(2)10(7-9)17(19)20/h4-5,7H,3,6H2,1-2H3,(H,14,15,18). The van der Waals surface area contributed by atoms with Crippen molar-refractivity contribution >= 4 is 39.8 Å². The molecule has 7 nitrogen and oxygen atoms in total. The Morgan fingerprint density at radius 2 is 2.23 bits per heavy atom. The van der Waals surface area contributed by atoms with Gasteiger partial charge in [-0.15, -0.1) is 10.2 Å². The van der Waals surface area contributed by atoms with Crippen LogP contribution in [0.15, 0.2) is 22.5 Å². The average molecular weight is 338 g/mol. The third-order valence-electron chi connectivity index (χ3n) is 2.72. The van der Waals surface area contributed by atoms with E-state index in [2.05, 4.69) is 22.4 Å². The number of rotatable bonds is 6. The van der Waals surface area contributed by atoms with Gasteiger partial charge in [-0.05, 0) is 19.4 Å². The monoisotopic (exact) mass is 338 g/mol. The molecule has 0 radical (unpaired) electrons. The summed E-state index contributed by atoms with van der Waals surface area (Å²) in [6, 6.07) is 4.36. The van der Waals surface area contributed by atoms with Crippen LogP contribution in [0.1, 0.15) is 29.3 Å². The van der Waals surface area contributed by atoms with Gasteiger partial charge in [-0.25, -0.2) is 0 Å². The van der Waals surface area contributed by atoms with Crippen molar-refractivity contribution in [1.82, 2.24) is 10.2 Å². The molecule has 0 aliphatic heterocycles. The number of nitro groups is 1. The smallest absolute Gasteiger partial charge is 0.273 e. The number of aryl methyl sites for hydroxylation is 1. The van der Waals surface area contributed by atoms with Gasteiger partial charge in [0.2, 0.25) is 5.13 Å². The second kappa shape index (κ2) is 7.32. The molecule has 0 aliphatic carbocycles. The quantitative estimate of drug-likeness (QED) is 0.374. The number of hydrogen-bond acceptors (Lipinski definition) is 7. The van der Waals surface area contributed by atoms with E-state index in [1.54, 1.807) is 30.8 Å². The SMILES string of the molecule is CCCSc1nnc(NC(=O)c2ccc(C)c([N+](=O)[O-])c2)s1. The number of thioether (sulfide) groups is 1. The third-order valence-corrected chi connectivity index (χ3v) is 4.90. The van der Waals surface area contributed by atoms with E-state index in [1.807, 2.05) is 0 Å². The predicted octanol–water partition coefficient (Wildman–Crippen LogP) is 3.51. The Morgan fingerprint density at radius 3 is 2.91 bits per heavy atom. The molecular weight excluding hydrogens is 324 g/mol. The van der Waals surface area contributed by atoms with Gasteiger partial charge in [0.25, 0.3) is 11.6 Å². The minimum atomic E-state index is -0.503. The maximum Gasteiger partial charge on any atom is 0.273 e. The van der Waals surface area contributed by atoms with Crippen LogP contribution in [0.5, 0.6) is 0 Å². The van der Waals surface area contributed by atoms with Crippen molar-refractivity contribution in [3.8, 4) is 0 Å². The van der Waals surface area contributed by atoms with Crippen molar-refractivity contribution in [2.45, 2.75) is 24.6 Å². The predicted molar refractivity (Wildman–Crippen MR) is 86.7 cm³/mol. The molecule has 2 rings (SSSR count). The third kappa shape index (κ3) is 4.01. The molecule has 0 fully saturated rings. The number of anilines is 1. The van der Waals surface area contributed by atoms with Crippen LogP contribution in [0.25, 0.3) is 0 Å². The van der Waals surface area contributed by atoms with Crippen molar-refractivity contribution < 1.29 is 9.72 Å². The van der Waals surface area contributed by atoms with Crippen LogP contribution in [0.2, 0.25) is 0 Å². The molecule has 9 heteroatoms. The first-order valence-electron chi connectivity index (χ1n) is 6.54.